The summed E-state index contributed by atoms with van der Waals surface area (Å²) in [7, 11) is 0. The highest BCUT2D eigenvalue weighted by Gasteiger charge is 2.06. The highest BCUT2D eigenvalue weighted by Crippen LogP contribution is 2.28. The summed E-state index contributed by atoms with van der Waals surface area (Å²) in [5.41, 5.74) is 2.34. The fraction of sp³-hybridized carbons (Fsp3) is 0.125. The van der Waals surface area contributed by atoms with Gasteiger partial charge in [0, 0.05) is 17.3 Å². The lowest BCUT2D eigenvalue weighted by Crippen LogP contribution is -1.99. The van der Waals surface area contributed by atoms with E-state index in [2.05, 4.69) is 27.6 Å². The van der Waals surface area contributed by atoms with Crippen LogP contribution >= 0.6 is 34.7 Å². The third-order valence-corrected chi connectivity index (χ3v) is 5.45. The van der Waals surface area contributed by atoms with Gasteiger partial charge in [-0.15, -0.1) is 10.2 Å². The van der Waals surface area contributed by atoms with Crippen LogP contribution in [-0.2, 0) is 12.3 Å². The quantitative estimate of drug-likeness (QED) is 0.630. The molecule has 0 saturated carbocycles. The second-order valence-corrected chi connectivity index (χ2v) is 7.20. The van der Waals surface area contributed by atoms with Crippen LogP contribution in [-0.4, -0.2) is 10.2 Å². The Labute approximate surface area is 142 Å². The molecular weight excluding hydrogens is 334 g/mol. The van der Waals surface area contributed by atoms with E-state index in [0.717, 1.165) is 25.8 Å². The molecule has 6 heteroatoms. The van der Waals surface area contributed by atoms with Gasteiger partial charge in [0.25, 0.3) is 0 Å². The van der Waals surface area contributed by atoms with Crippen molar-refractivity contribution in [3.8, 4) is 0 Å². The van der Waals surface area contributed by atoms with Gasteiger partial charge >= 0.3 is 0 Å². The summed E-state index contributed by atoms with van der Waals surface area (Å²) in [4.78, 5) is 0. The van der Waals surface area contributed by atoms with Gasteiger partial charge in [-0.25, -0.2) is 0 Å². The maximum absolute atomic E-state index is 6.14. The van der Waals surface area contributed by atoms with Crippen LogP contribution in [0.3, 0.4) is 0 Å². The van der Waals surface area contributed by atoms with Crippen LogP contribution in [0.15, 0.2) is 58.9 Å². The van der Waals surface area contributed by atoms with Crippen molar-refractivity contribution in [2.75, 3.05) is 5.32 Å². The van der Waals surface area contributed by atoms with E-state index < -0.39 is 0 Å². The third kappa shape index (κ3) is 4.22. The fourth-order valence-corrected chi connectivity index (χ4v) is 3.78. The van der Waals surface area contributed by atoms with Crippen LogP contribution in [0.1, 0.15) is 11.1 Å². The number of thioether (sulfide) groups is 1. The maximum Gasteiger partial charge on any atom is 0.206 e. The summed E-state index contributed by atoms with van der Waals surface area (Å²) < 4.78 is 0.963. The molecule has 3 nitrogen and oxygen atoms in total. The van der Waals surface area contributed by atoms with Gasteiger partial charge in [0.1, 0.15) is 0 Å². The third-order valence-electron chi connectivity index (χ3n) is 3.00. The molecule has 0 bridgehead atoms. The number of rotatable bonds is 6. The second kappa shape index (κ2) is 7.63. The largest absolute Gasteiger partial charge is 0.356 e. The standard InChI is InChI=1S/C16H14ClN3S2/c17-14-9-5-4-8-13(14)10-18-15-19-20-16(22-15)21-11-12-6-2-1-3-7-12/h1-9H,10-11H2,(H,18,19). The lowest BCUT2D eigenvalue weighted by atomic mass is 10.2. The molecular formula is C16H14ClN3S2. The van der Waals surface area contributed by atoms with Gasteiger partial charge in [0.05, 0.1) is 0 Å². The first-order valence-corrected chi connectivity index (χ1v) is 8.97. The molecule has 0 atom stereocenters. The first-order chi connectivity index (χ1) is 10.8. The van der Waals surface area contributed by atoms with Crippen LogP contribution in [0.2, 0.25) is 5.02 Å². The Balaban J connectivity index is 1.54. The minimum Gasteiger partial charge on any atom is -0.356 e. The predicted molar refractivity (Wildman–Crippen MR) is 94.7 cm³/mol. The van der Waals surface area contributed by atoms with E-state index in [4.69, 9.17) is 11.6 Å². The first kappa shape index (κ1) is 15.3. The Bertz CT molecular complexity index is 731. The van der Waals surface area contributed by atoms with Gasteiger partial charge in [-0.1, -0.05) is 83.2 Å². The predicted octanol–water partition coefficient (Wildman–Crippen LogP) is 5.10. The van der Waals surface area contributed by atoms with Crippen molar-refractivity contribution in [1.82, 2.24) is 10.2 Å². The van der Waals surface area contributed by atoms with Gasteiger partial charge in [-0.2, -0.15) is 0 Å². The second-order valence-electron chi connectivity index (χ2n) is 4.59. The Morgan fingerprint density at radius 2 is 1.77 bits per heavy atom. The van der Waals surface area contributed by atoms with Crippen LogP contribution < -0.4 is 5.32 Å². The zero-order valence-electron chi connectivity index (χ0n) is 11.7. The molecule has 1 aromatic heterocycles. The summed E-state index contributed by atoms with van der Waals surface area (Å²) >= 11 is 9.40. The normalized spacial score (nSPS) is 10.6. The van der Waals surface area contributed by atoms with Gasteiger partial charge < -0.3 is 5.32 Å². The molecule has 22 heavy (non-hydrogen) atoms. The molecule has 0 aliphatic rings. The highest BCUT2D eigenvalue weighted by molar-refractivity contribution is 8.00. The van der Waals surface area contributed by atoms with Crippen molar-refractivity contribution < 1.29 is 0 Å². The van der Waals surface area contributed by atoms with Crippen molar-refractivity contribution >= 4 is 39.8 Å². The van der Waals surface area contributed by atoms with Crippen molar-refractivity contribution in [2.45, 2.75) is 16.6 Å². The molecule has 1 N–H and O–H groups in total. The molecule has 0 amide bonds. The highest BCUT2D eigenvalue weighted by atomic mass is 35.5. The van der Waals surface area contributed by atoms with Gasteiger partial charge in [-0.05, 0) is 17.2 Å². The maximum atomic E-state index is 6.14. The van der Waals surface area contributed by atoms with Crippen molar-refractivity contribution in [1.29, 1.82) is 0 Å². The summed E-state index contributed by atoms with van der Waals surface area (Å²) in [5, 5.41) is 13.2. The molecule has 0 spiro atoms. The molecule has 0 radical (unpaired) electrons. The average molecular weight is 348 g/mol. The van der Waals surface area contributed by atoms with Crippen LogP contribution in [0.4, 0.5) is 5.13 Å². The topological polar surface area (TPSA) is 37.8 Å². The van der Waals surface area contributed by atoms with Crippen LogP contribution in [0.25, 0.3) is 0 Å². The summed E-state index contributed by atoms with van der Waals surface area (Å²) in [6.07, 6.45) is 0. The molecule has 112 valence electrons. The number of aromatic nitrogens is 2. The SMILES string of the molecule is Clc1ccccc1CNc1nnc(SCc2ccccc2)s1. The van der Waals surface area contributed by atoms with Gasteiger partial charge in [-0.3, -0.25) is 0 Å². The van der Waals surface area contributed by atoms with E-state index in [9.17, 15) is 0 Å². The Morgan fingerprint density at radius 3 is 2.59 bits per heavy atom. The summed E-state index contributed by atoms with van der Waals surface area (Å²) in [6.45, 7) is 0.650. The van der Waals surface area contributed by atoms with Crippen molar-refractivity contribution in [3.05, 3.63) is 70.7 Å². The monoisotopic (exact) mass is 347 g/mol. The average Bonchev–Trinajstić information content (AvgIpc) is 3.01. The van der Waals surface area contributed by atoms with E-state index in [1.807, 2.05) is 42.5 Å². The van der Waals surface area contributed by atoms with Crippen LogP contribution in [0.5, 0.6) is 0 Å². The molecule has 0 aliphatic heterocycles. The van der Waals surface area contributed by atoms with E-state index in [1.54, 1.807) is 23.1 Å². The lowest BCUT2D eigenvalue weighted by molar-refractivity contribution is 0.995. The Morgan fingerprint density at radius 1 is 1.00 bits per heavy atom. The molecule has 0 aliphatic carbocycles. The van der Waals surface area contributed by atoms with Crippen molar-refractivity contribution in [2.24, 2.45) is 0 Å². The lowest BCUT2D eigenvalue weighted by Gasteiger charge is -2.03. The van der Waals surface area contributed by atoms with Gasteiger partial charge in [0.15, 0.2) is 4.34 Å². The molecule has 2 aromatic carbocycles. The molecule has 3 rings (SSSR count). The number of halogens is 1. The van der Waals surface area contributed by atoms with Crippen molar-refractivity contribution in [3.63, 3.8) is 0 Å². The minimum absolute atomic E-state index is 0.650. The number of anilines is 1. The number of hydrogen-bond donors (Lipinski definition) is 1. The van der Waals surface area contributed by atoms with E-state index in [0.29, 0.717) is 6.54 Å². The van der Waals surface area contributed by atoms with Gasteiger partial charge in [0.2, 0.25) is 5.13 Å². The Hall–Kier alpha value is -1.56. The van der Waals surface area contributed by atoms with E-state index >= 15 is 0 Å². The van der Waals surface area contributed by atoms with E-state index in [-0.39, 0.29) is 0 Å². The first-order valence-electron chi connectivity index (χ1n) is 6.79. The number of benzene rings is 2. The minimum atomic E-state index is 0.650. The smallest absolute Gasteiger partial charge is 0.206 e. The molecule has 0 fully saturated rings. The number of hydrogen-bond acceptors (Lipinski definition) is 5. The molecule has 3 aromatic rings. The fourth-order valence-electron chi connectivity index (χ4n) is 1.87. The molecule has 0 saturated heterocycles. The molecule has 0 unspecified atom stereocenters. The Kier molecular flexibility index (Phi) is 5.32. The zero-order valence-corrected chi connectivity index (χ0v) is 14.1. The van der Waals surface area contributed by atoms with Crippen LogP contribution in [0, 0.1) is 0 Å². The summed E-state index contributed by atoms with van der Waals surface area (Å²) in [6, 6.07) is 18.1. The number of nitrogens with one attached hydrogen (secondary N) is 1. The molecule has 1 heterocycles. The number of nitrogens with zero attached hydrogens (tertiary/aromatic N) is 2. The summed E-state index contributed by atoms with van der Waals surface area (Å²) in [5.74, 6) is 0.903. The van der Waals surface area contributed by atoms with E-state index in [1.165, 1.54) is 5.56 Å². The zero-order chi connectivity index (χ0) is 15.2.